The Labute approximate surface area is 81.7 Å². The zero-order valence-corrected chi connectivity index (χ0v) is 8.10. The zero-order chi connectivity index (χ0) is 10.6. The van der Waals surface area contributed by atoms with Crippen LogP contribution in [0.3, 0.4) is 0 Å². The first kappa shape index (κ1) is 10.6. The molecule has 1 heterocycles. The maximum absolute atomic E-state index is 11.1. The van der Waals surface area contributed by atoms with E-state index in [9.17, 15) is 4.79 Å². The fraction of sp³-hybridized carbons (Fsp3) is 0.625. The smallest absolute Gasteiger partial charge is 0.268 e. The number of nitrogens with two attached hydrogens (primary N) is 1. The highest BCUT2D eigenvalue weighted by atomic mass is 16.3. The summed E-state index contributed by atoms with van der Waals surface area (Å²) in [5, 5.41) is 16.3. The summed E-state index contributed by atoms with van der Waals surface area (Å²) in [5.74, 6) is -0.549. The summed E-state index contributed by atoms with van der Waals surface area (Å²) in [5.41, 5.74) is 5.97. The fourth-order valence-corrected chi connectivity index (χ4v) is 1.26. The van der Waals surface area contributed by atoms with Gasteiger partial charge in [-0.3, -0.25) is 4.79 Å². The summed E-state index contributed by atoms with van der Waals surface area (Å²) in [7, 11) is 0. The van der Waals surface area contributed by atoms with E-state index in [0.29, 0.717) is 24.4 Å². The van der Waals surface area contributed by atoms with Gasteiger partial charge in [0.25, 0.3) is 5.91 Å². The number of hydrogen-bond donors (Lipinski definition) is 2. The molecule has 3 N–H and O–H groups in total. The van der Waals surface area contributed by atoms with Crippen LogP contribution in [0.15, 0.2) is 0 Å². The van der Waals surface area contributed by atoms with Gasteiger partial charge in [-0.2, -0.15) is 0 Å². The van der Waals surface area contributed by atoms with Crippen molar-refractivity contribution in [3.63, 3.8) is 0 Å². The molecule has 1 amide bonds. The predicted octanol–water partition coefficient (Wildman–Crippen LogP) is -0.678. The SMILES string of the molecule is CCCn1nnc(CCO)c1C(N)=O. The highest BCUT2D eigenvalue weighted by Crippen LogP contribution is 2.05. The molecule has 0 aliphatic rings. The summed E-state index contributed by atoms with van der Waals surface area (Å²) in [6.07, 6.45) is 1.16. The van der Waals surface area contributed by atoms with Crippen molar-refractivity contribution < 1.29 is 9.90 Å². The molecule has 0 radical (unpaired) electrons. The minimum absolute atomic E-state index is 0.0644. The number of rotatable bonds is 5. The fourth-order valence-electron chi connectivity index (χ4n) is 1.26. The van der Waals surface area contributed by atoms with Gasteiger partial charge in [0.05, 0.1) is 5.69 Å². The molecule has 1 rings (SSSR count). The number of nitrogens with zero attached hydrogens (tertiary/aromatic N) is 3. The molecule has 78 valence electrons. The Bertz CT molecular complexity index is 298. The summed E-state index contributed by atoms with van der Waals surface area (Å²) < 4.78 is 1.48. The van der Waals surface area contributed by atoms with Crippen LogP contribution in [-0.4, -0.2) is 32.6 Å². The number of hydrogen-bond acceptors (Lipinski definition) is 4. The molecule has 1 aromatic rings. The largest absolute Gasteiger partial charge is 0.396 e. The van der Waals surface area contributed by atoms with Gasteiger partial charge in [0.15, 0.2) is 0 Å². The second kappa shape index (κ2) is 4.71. The zero-order valence-electron chi connectivity index (χ0n) is 8.10. The van der Waals surface area contributed by atoms with Crippen LogP contribution in [0, 0.1) is 0 Å². The Morgan fingerprint density at radius 2 is 2.36 bits per heavy atom. The third-order valence-electron chi connectivity index (χ3n) is 1.82. The first-order chi connectivity index (χ1) is 6.70. The lowest BCUT2D eigenvalue weighted by atomic mass is 10.2. The maximum Gasteiger partial charge on any atom is 0.268 e. The standard InChI is InChI=1S/C8H14N4O2/c1-2-4-12-7(8(9)14)6(3-5-13)10-11-12/h13H,2-5H2,1H3,(H2,9,14). The third-order valence-corrected chi connectivity index (χ3v) is 1.82. The average molecular weight is 198 g/mol. The van der Waals surface area contributed by atoms with E-state index in [1.807, 2.05) is 6.92 Å². The Balaban J connectivity index is 3.00. The van der Waals surface area contributed by atoms with E-state index in [0.717, 1.165) is 6.42 Å². The lowest BCUT2D eigenvalue weighted by Crippen LogP contribution is -2.19. The van der Waals surface area contributed by atoms with Gasteiger partial charge >= 0.3 is 0 Å². The molecule has 0 unspecified atom stereocenters. The van der Waals surface area contributed by atoms with Crippen LogP contribution >= 0.6 is 0 Å². The van der Waals surface area contributed by atoms with E-state index in [2.05, 4.69) is 10.3 Å². The molecule has 0 saturated carbocycles. The minimum Gasteiger partial charge on any atom is -0.396 e. The number of primary amides is 1. The summed E-state index contributed by atoms with van der Waals surface area (Å²) in [4.78, 5) is 11.1. The number of aliphatic hydroxyl groups is 1. The molecule has 0 spiro atoms. The van der Waals surface area contributed by atoms with Gasteiger partial charge in [0.1, 0.15) is 5.69 Å². The summed E-state index contributed by atoms with van der Waals surface area (Å²) in [6.45, 7) is 2.51. The van der Waals surface area contributed by atoms with Gasteiger partial charge in [0, 0.05) is 19.6 Å². The first-order valence-electron chi connectivity index (χ1n) is 4.53. The molecular formula is C8H14N4O2. The van der Waals surface area contributed by atoms with Gasteiger partial charge in [-0.25, -0.2) is 4.68 Å². The van der Waals surface area contributed by atoms with Crippen molar-refractivity contribution in [2.45, 2.75) is 26.3 Å². The number of carbonyl (C=O) groups is 1. The van der Waals surface area contributed by atoms with Crippen LogP contribution < -0.4 is 5.73 Å². The molecule has 0 bridgehead atoms. The highest BCUT2D eigenvalue weighted by molar-refractivity contribution is 5.92. The second-order valence-corrected chi connectivity index (χ2v) is 2.95. The Hall–Kier alpha value is -1.43. The van der Waals surface area contributed by atoms with Crippen molar-refractivity contribution in [3.8, 4) is 0 Å². The van der Waals surface area contributed by atoms with Crippen LogP contribution in [0.2, 0.25) is 0 Å². The van der Waals surface area contributed by atoms with Crippen LogP contribution in [0.25, 0.3) is 0 Å². The maximum atomic E-state index is 11.1. The quantitative estimate of drug-likeness (QED) is 0.655. The number of amides is 1. The topological polar surface area (TPSA) is 94.0 Å². The van der Waals surface area contributed by atoms with Gasteiger partial charge in [0.2, 0.25) is 0 Å². The van der Waals surface area contributed by atoms with Crippen LogP contribution in [0.5, 0.6) is 0 Å². The van der Waals surface area contributed by atoms with Crippen molar-refractivity contribution in [3.05, 3.63) is 11.4 Å². The van der Waals surface area contributed by atoms with Crippen molar-refractivity contribution in [2.75, 3.05) is 6.61 Å². The van der Waals surface area contributed by atoms with E-state index in [-0.39, 0.29) is 6.61 Å². The Morgan fingerprint density at radius 3 is 2.86 bits per heavy atom. The first-order valence-corrected chi connectivity index (χ1v) is 4.53. The number of aryl methyl sites for hydroxylation is 1. The van der Waals surface area contributed by atoms with Crippen LogP contribution in [-0.2, 0) is 13.0 Å². The van der Waals surface area contributed by atoms with E-state index in [4.69, 9.17) is 10.8 Å². The van der Waals surface area contributed by atoms with Gasteiger partial charge in [-0.15, -0.1) is 5.10 Å². The Morgan fingerprint density at radius 1 is 1.64 bits per heavy atom. The third kappa shape index (κ3) is 2.08. The number of aromatic nitrogens is 3. The van der Waals surface area contributed by atoms with Gasteiger partial charge < -0.3 is 10.8 Å². The molecule has 0 aromatic carbocycles. The number of aliphatic hydroxyl groups excluding tert-OH is 1. The van der Waals surface area contributed by atoms with Crippen LogP contribution in [0.4, 0.5) is 0 Å². The number of carbonyl (C=O) groups excluding carboxylic acids is 1. The van der Waals surface area contributed by atoms with E-state index in [1.165, 1.54) is 4.68 Å². The molecule has 1 aromatic heterocycles. The second-order valence-electron chi connectivity index (χ2n) is 2.95. The van der Waals surface area contributed by atoms with Crippen molar-refractivity contribution in [1.82, 2.24) is 15.0 Å². The Kier molecular flexibility index (Phi) is 3.58. The van der Waals surface area contributed by atoms with E-state index < -0.39 is 5.91 Å². The van der Waals surface area contributed by atoms with Crippen molar-refractivity contribution in [1.29, 1.82) is 0 Å². The predicted molar refractivity (Wildman–Crippen MR) is 49.6 cm³/mol. The van der Waals surface area contributed by atoms with Gasteiger partial charge in [-0.1, -0.05) is 12.1 Å². The van der Waals surface area contributed by atoms with Gasteiger partial charge in [-0.05, 0) is 6.42 Å². The summed E-state index contributed by atoms with van der Waals surface area (Å²) >= 11 is 0. The lowest BCUT2D eigenvalue weighted by Gasteiger charge is -2.01. The molecule has 0 fully saturated rings. The minimum atomic E-state index is -0.549. The summed E-state index contributed by atoms with van der Waals surface area (Å²) in [6, 6.07) is 0. The van der Waals surface area contributed by atoms with E-state index >= 15 is 0 Å². The molecule has 0 aliphatic heterocycles. The highest BCUT2D eigenvalue weighted by Gasteiger charge is 2.16. The average Bonchev–Trinajstić information content (AvgIpc) is 2.49. The lowest BCUT2D eigenvalue weighted by molar-refractivity contribution is 0.0988. The molecule has 0 atom stereocenters. The molecule has 14 heavy (non-hydrogen) atoms. The molecule has 0 saturated heterocycles. The molecule has 0 aliphatic carbocycles. The molecular weight excluding hydrogens is 184 g/mol. The molecule has 6 nitrogen and oxygen atoms in total. The van der Waals surface area contributed by atoms with E-state index in [1.54, 1.807) is 0 Å². The van der Waals surface area contributed by atoms with Crippen molar-refractivity contribution >= 4 is 5.91 Å². The molecule has 6 heteroatoms. The van der Waals surface area contributed by atoms with Crippen molar-refractivity contribution in [2.24, 2.45) is 5.73 Å². The van der Waals surface area contributed by atoms with Crippen LogP contribution in [0.1, 0.15) is 29.5 Å². The normalized spacial score (nSPS) is 10.4. The monoisotopic (exact) mass is 198 g/mol.